The number of hydrogen-bond donors (Lipinski definition) is 0. The Labute approximate surface area is 132 Å². The van der Waals surface area contributed by atoms with E-state index < -0.39 is 0 Å². The van der Waals surface area contributed by atoms with Gasteiger partial charge < -0.3 is 4.74 Å². The molecule has 5 nitrogen and oxygen atoms in total. The number of ketones is 1. The maximum Gasteiger partial charge on any atom is 0.211 e. The lowest BCUT2D eigenvalue weighted by atomic mass is 10.0. The molecule has 0 N–H and O–H groups in total. The predicted molar refractivity (Wildman–Crippen MR) is 85.7 cm³/mol. The maximum atomic E-state index is 12.9. The Balaban J connectivity index is 1.90. The number of Topliss-reactive ketones (excluding diaryl/α,β-unsaturated/α-hetero) is 1. The lowest BCUT2D eigenvalue weighted by Gasteiger charge is -2.16. The average molecular weight is 303 g/mol. The van der Waals surface area contributed by atoms with E-state index in [4.69, 9.17) is 4.74 Å². The number of rotatable bonds is 2. The topological polar surface area (TPSA) is 57.0 Å². The Hall–Kier alpha value is -3.21. The molecule has 0 unspecified atom stereocenters. The first-order chi connectivity index (χ1) is 11.3. The Kier molecular flexibility index (Phi) is 3.24. The first kappa shape index (κ1) is 13.5. The molecule has 0 saturated carbocycles. The largest absolute Gasteiger partial charge is 0.487 e. The van der Waals surface area contributed by atoms with E-state index in [0.717, 1.165) is 17.0 Å². The monoisotopic (exact) mass is 303 g/mol. The van der Waals surface area contributed by atoms with Gasteiger partial charge in [0.05, 0.1) is 6.20 Å². The van der Waals surface area contributed by atoms with Crippen LogP contribution in [0, 0.1) is 0 Å². The number of carbonyl (C=O) groups is 1. The second-order valence-electron chi connectivity index (χ2n) is 5.19. The molecule has 0 atom stereocenters. The van der Waals surface area contributed by atoms with Gasteiger partial charge in [-0.2, -0.15) is 0 Å². The Morgan fingerprint density at radius 3 is 2.70 bits per heavy atom. The fourth-order valence-electron chi connectivity index (χ4n) is 2.55. The average Bonchev–Trinajstić information content (AvgIpc) is 3.04. The third kappa shape index (κ3) is 2.42. The minimum absolute atomic E-state index is 0.103. The molecule has 0 amide bonds. The van der Waals surface area contributed by atoms with Crippen LogP contribution >= 0.6 is 0 Å². The van der Waals surface area contributed by atoms with E-state index in [9.17, 15) is 4.79 Å². The van der Waals surface area contributed by atoms with E-state index in [1.165, 1.54) is 0 Å². The molecular weight excluding hydrogens is 290 g/mol. The standard InChI is InChI=1S/C18H13N3O2/c22-18(13-6-2-1-3-7-13)16-10-14-8-4-5-9-17(14)23-12-15-11-19-20-21(15)16/h1-11H,12H2/b16-10-. The molecule has 1 aliphatic rings. The van der Waals surface area contributed by atoms with Crippen LogP contribution < -0.4 is 4.74 Å². The third-order valence-corrected chi connectivity index (χ3v) is 3.70. The number of hydrogen-bond acceptors (Lipinski definition) is 4. The van der Waals surface area contributed by atoms with Crippen LogP contribution in [0.25, 0.3) is 11.8 Å². The number of nitrogens with zero attached hydrogens (tertiary/aromatic N) is 3. The lowest BCUT2D eigenvalue weighted by molar-refractivity contribution is 0.104. The summed E-state index contributed by atoms with van der Waals surface area (Å²) in [7, 11) is 0. The number of para-hydroxylation sites is 1. The van der Waals surface area contributed by atoms with Crippen molar-refractivity contribution in [1.82, 2.24) is 15.0 Å². The zero-order valence-corrected chi connectivity index (χ0v) is 12.2. The van der Waals surface area contributed by atoms with Crippen LogP contribution in [0.1, 0.15) is 21.6 Å². The first-order valence-electron chi connectivity index (χ1n) is 7.26. The molecule has 112 valence electrons. The van der Waals surface area contributed by atoms with E-state index in [2.05, 4.69) is 10.3 Å². The molecule has 1 aliphatic heterocycles. The number of aromatic nitrogens is 3. The van der Waals surface area contributed by atoms with Gasteiger partial charge in [-0.25, -0.2) is 4.68 Å². The number of carbonyl (C=O) groups excluding carboxylic acids is 1. The fourth-order valence-corrected chi connectivity index (χ4v) is 2.55. The van der Waals surface area contributed by atoms with Gasteiger partial charge in [-0.1, -0.05) is 53.7 Å². The molecule has 2 aromatic carbocycles. The van der Waals surface area contributed by atoms with Crippen molar-refractivity contribution in [3.63, 3.8) is 0 Å². The summed E-state index contributed by atoms with van der Waals surface area (Å²) >= 11 is 0. The molecule has 1 aromatic heterocycles. The van der Waals surface area contributed by atoms with Crippen molar-refractivity contribution in [2.45, 2.75) is 6.61 Å². The van der Waals surface area contributed by atoms with E-state index in [1.54, 1.807) is 29.1 Å². The van der Waals surface area contributed by atoms with Crippen molar-refractivity contribution in [1.29, 1.82) is 0 Å². The molecule has 3 aromatic rings. The molecular formula is C18H13N3O2. The number of allylic oxidation sites excluding steroid dienone is 1. The second-order valence-corrected chi connectivity index (χ2v) is 5.19. The number of benzene rings is 2. The smallest absolute Gasteiger partial charge is 0.211 e. The molecule has 23 heavy (non-hydrogen) atoms. The van der Waals surface area contributed by atoms with Gasteiger partial charge >= 0.3 is 0 Å². The van der Waals surface area contributed by atoms with Crippen molar-refractivity contribution in [2.24, 2.45) is 0 Å². The van der Waals surface area contributed by atoms with E-state index in [0.29, 0.717) is 17.9 Å². The van der Waals surface area contributed by atoms with Gasteiger partial charge in [-0.15, -0.1) is 5.10 Å². The van der Waals surface area contributed by atoms with Crippen molar-refractivity contribution < 1.29 is 9.53 Å². The summed E-state index contributed by atoms with van der Waals surface area (Å²) in [5.74, 6) is 0.632. The van der Waals surface area contributed by atoms with Gasteiger partial charge in [0, 0.05) is 11.1 Å². The molecule has 0 saturated heterocycles. The summed E-state index contributed by atoms with van der Waals surface area (Å²) < 4.78 is 7.34. The molecule has 0 spiro atoms. The van der Waals surface area contributed by atoms with Crippen molar-refractivity contribution in [2.75, 3.05) is 0 Å². The van der Waals surface area contributed by atoms with E-state index >= 15 is 0 Å². The van der Waals surface area contributed by atoms with E-state index in [1.807, 2.05) is 42.5 Å². The molecule has 0 bridgehead atoms. The first-order valence-corrected chi connectivity index (χ1v) is 7.26. The van der Waals surface area contributed by atoms with Crippen LogP contribution in [-0.4, -0.2) is 20.8 Å². The van der Waals surface area contributed by atoms with Crippen LogP contribution in [0.15, 0.2) is 60.8 Å². The van der Waals surface area contributed by atoms with Crippen LogP contribution in [0.4, 0.5) is 0 Å². The minimum Gasteiger partial charge on any atom is -0.487 e. The molecule has 4 rings (SSSR count). The Morgan fingerprint density at radius 1 is 1.04 bits per heavy atom. The molecule has 0 aliphatic carbocycles. The predicted octanol–water partition coefficient (Wildman–Crippen LogP) is 3.05. The van der Waals surface area contributed by atoms with Gasteiger partial charge in [-0.3, -0.25) is 4.79 Å². The highest BCUT2D eigenvalue weighted by molar-refractivity contribution is 6.28. The summed E-state index contributed by atoms with van der Waals surface area (Å²) in [4.78, 5) is 12.9. The van der Waals surface area contributed by atoms with E-state index in [-0.39, 0.29) is 5.78 Å². The van der Waals surface area contributed by atoms with Crippen molar-refractivity contribution in [3.8, 4) is 5.75 Å². The quantitative estimate of drug-likeness (QED) is 0.683. The zero-order valence-electron chi connectivity index (χ0n) is 12.2. The highest BCUT2D eigenvalue weighted by Gasteiger charge is 2.21. The van der Waals surface area contributed by atoms with Crippen LogP contribution in [-0.2, 0) is 6.61 Å². The summed E-state index contributed by atoms with van der Waals surface area (Å²) in [6.07, 6.45) is 3.40. The summed E-state index contributed by atoms with van der Waals surface area (Å²) in [5, 5.41) is 7.97. The Bertz CT molecular complexity index is 897. The fraction of sp³-hybridized carbons (Fsp3) is 0.0556. The normalized spacial score (nSPS) is 15.2. The van der Waals surface area contributed by atoms with Crippen molar-refractivity contribution in [3.05, 3.63) is 77.6 Å². The summed E-state index contributed by atoms with van der Waals surface area (Å²) in [5.41, 5.74) is 2.64. The maximum absolute atomic E-state index is 12.9. The van der Waals surface area contributed by atoms with Crippen LogP contribution in [0.3, 0.4) is 0 Å². The van der Waals surface area contributed by atoms with Crippen LogP contribution in [0.5, 0.6) is 5.75 Å². The molecule has 0 fully saturated rings. The van der Waals surface area contributed by atoms with Gasteiger partial charge in [0.2, 0.25) is 5.78 Å². The molecule has 2 heterocycles. The van der Waals surface area contributed by atoms with Crippen LogP contribution in [0.2, 0.25) is 0 Å². The van der Waals surface area contributed by atoms with Crippen molar-refractivity contribution >= 4 is 17.6 Å². The van der Waals surface area contributed by atoms with Gasteiger partial charge in [0.1, 0.15) is 23.7 Å². The molecule has 0 radical (unpaired) electrons. The Morgan fingerprint density at radius 2 is 1.83 bits per heavy atom. The molecule has 5 heteroatoms. The third-order valence-electron chi connectivity index (χ3n) is 3.70. The van der Waals surface area contributed by atoms with Gasteiger partial charge in [0.25, 0.3) is 0 Å². The number of fused-ring (bicyclic) bond motifs is 2. The minimum atomic E-state index is -0.103. The van der Waals surface area contributed by atoms with Gasteiger partial charge in [-0.05, 0) is 12.1 Å². The highest BCUT2D eigenvalue weighted by atomic mass is 16.5. The van der Waals surface area contributed by atoms with Gasteiger partial charge in [0.15, 0.2) is 0 Å². The zero-order chi connectivity index (χ0) is 15.6. The number of ether oxygens (including phenoxy) is 1. The summed E-state index contributed by atoms with van der Waals surface area (Å²) in [6.45, 7) is 0.309. The summed E-state index contributed by atoms with van der Waals surface area (Å²) in [6, 6.07) is 16.8. The second kappa shape index (κ2) is 5.53. The SMILES string of the molecule is O=C(/C1=C/c2ccccc2OCc2cnnn21)c1ccccc1. The lowest BCUT2D eigenvalue weighted by Crippen LogP contribution is -2.16. The highest BCUT2D eigenvalue weighted by Crippen LogP contribution is 2.27.